The Hall–Kier alpha value is -1.89. The van der Waals surface area contributed by atoms with Crippen LogP contribution >= 0.6 is 11.6 Å². The predicted octanol–water partition coefficient (Wildman–Crippen LogP) is 3.65. The number of benzene rings is 2. The predicted molar refractivity (Wildman–Crippen MR) is 109 cm³/mol. The molecule has 0 aromatic heterocycles. The molecule has 0 spiro atoms. The minimum Gasteiger partial charge on any atom is -0.467 e. The van der Waals surface area contributed by atoms with E-state index in [4.69, 9.17) is 21.1 Å². The minimum atomic E-state index is -1.36. The molecular formula is C21H22ClNO4S. The van der Waals surface area contributed by atoms with Gasteiger partial charge in [0.05, 0.1) is 18.4 Å². The van der Waals surface area contributed by atoms with Gasteiger partial charge in [-0.25, -0.2) is 0 Å². The molecule has 148 valence electrons. The van der Waals surface area contributed by atoms with Crippen molar-refractivity contribution in [2.45, 2.75) is 37.7 Å². The van der Waals surface area contributed by atoms with Crippen molar-refractivity contribution >= 4 is 28.3 Å². The minimum absolute atomic E-state index is 0.00568. The summed E-state index contributed by atoms with van der Waals surface area (Å²) in [5.74, 6) is 0.652. The van der Waals surface area contributed by atoms with E-state index in [1.165, 1.54) is 11.1 Å². The van der Waals surface area contributed by atoms with Gasteiger partial charge in [-0.2, -0.15) is 0 Å². The van der Waals surface area contributed by atoms with Crippen molar-refractivity contribution in [2.75, 3.05) is 12.5 Å². The molecule has 1 amide bonds. The Morgan fingerprint density at radius 1 is 1.25 bits per heavy atom. The molecule has 0 radical (unpaired) electrons. The third-order valence-corrected chi connectivity index (χ3v) is 6.50. The van der Waals surface area contributed by atoms with Gasteiger partial charge in [0.1, 0.15) is 11.5 Å². The van der Waals surface area contributed by atoms with Gasteiger partial charge in [0.2, 0.25) is 5.91 Å². The van der Waals surface area contributed by atoms with Gasteiger partial charge in [0, 0.05) is 26.9 Å². The van der Waals surface area contributed by atoms with E-state index in [1.54, 1.807) is 12.1 Å². The van der Waals surface area contributed by atoms with E-state index in [1.807, 2.05) is 12.1 Å². The molecule has 2 aromatic rings. The molecule has 2 unspecified atom stereocenters. The van der Waals surface area contributed by atoms with E-state index in [9.17, 15) is 9.00 Å². The Bertz CT molecular complexity index is 917. The van der Waals surface area contributed by atoms with Gasteiger partial charge in [-0.1, -0.05) is 35.9 Å². The van der Waals surface area contributed by atoms with Crippen LogP contribution in [0.2, 0.25) is 5.02 Å². The van der Waals surface area contributed by atoms with Crippen molar-refractivity contribution in [3.05, 3.63) is 63.7 Å². The van der Waals surface area contributed by atoms with Crippen molar-refractivity contribution in [3.63, 3.8) is 0 Å². The fraction of sp³-hybridized carbons (Fsp3) is 0.381. The molecule has 4 rings (SSSR count). The van der Waals surface area contributed by atoms with Crippen molar-refractivity contribution in [1.82, 2.24) is 5.32 Å². The number of hydrogen-bond donors (Lipinski definition) is 1. The summed E-state index contributed by atoms with van der Waals surface area (Å²) < 4.78 is 23.5. The second-order valence-electron chi connectivity index (χ2n) is 7.10. The molecule has 0 saturated heterocycles. The number of aryl methyl sites for hydroxylation is 1. The van der Waals surface area contributed by atoms with Crippen LogP contribution in [0.1, 0.15) is 41.1 Å². The third-order valence-electron chi connectivity index (χ3n) is 5.06. The molecule has 2 aromatic carbocycles. The summed E-state index contributed by atoms with van der Waals surface area (Å²) in [5.41, 5.74) is 4.05. The molecule has 2 aliphatic rings. The average Bonchev–Trinajstić information content (AvgIpc) is 2.68. The van der Waals surface area contributed by atoms with E-state index < -0.39 is 10.8 Å². The molecule has 0 bridgehead atoms. The van der Waals surface area contributed by atoms with E-state index >= 15 is 0 Å². The van der Waals surface area contributed by atoms with Crippen LogP contribution in [0.4, 0.5) is 0 Å². The standard InChI is InChI=1S/C21H22ClNO4S/c22-17-8-15-10-26-13-27-21(15)16(9-17)11-28(25)12-20(24)23-19-7-3-5-14-4-1-2-6-18(14)19/h1-2,4,6,8-9,19H,3,5,7,10-13H2,(H,23,24). The summed E-state index contributed by atoms with van der Waals surface area (Å²) in [7, 11) is -1.36. The van der Waals surface area contributed by atoms with Crippen LogP contribution < -0.4 is 10.1 Å². The number of nitrogens with one attached hydrogen (secondary N) is 1. The van der Waals surface area contributed by atoms with Gasteiger partial charge >= 0.3 is 0 Å². The number of carbonyl (C=O) groups is 1. The molecule has 28 heavy (non-hydrogen) atoms. The summed E-state index contributed by atoms with van der Waals surface area (Å²) in [6.45, 7) is 0.576. The number of hydrogen-bond acceptors (Lipinski definition) is 4. The van der Waals surface area contributed by atoms with E-state index in [0.29, 0.717) is 17.4 Å². The monoisotopic (exact) mass is 419 g/mol. The molecule has 0 saturated carbocycles. The van der Waals surface area contributed by atoms with Crippen molar-refractivity contribution in [3.8, 4) is 5.75 Å². The van der Waals surface area contributed by atoms with Gasteiger partial charge in [0.15, 0.2) is 6.79 Å². The first-order valence-electron chi connectivity index (χ1n) is 9.34. The maximum atomic E-state index is 12.6. The number of amides is 1. The van der Waals surface area contributed by atoms with Crippen LogP contribution in [-0.2, 0) is 39.1 Å². The van der Waals surface area contributed by atoms with Crippen molar-refractivity contribution in [1.29, 1.82) is 0 Å². The van der Waals surface area contributed by atoms with Crippen molar-refractivity contribution in [2.24, 2.45) is 0 Å². The normalized spacial score (nSPS) is 19.1. The fourth-order valence-electron chi connectivity index (χ4n) is 3.87. The Morgan fingerprint density at radius 2 is 2.11 bits per heavy atom. The first-order chi connectivity index (χ1) is 13.6. The highest BCUT2D eigenvalue weighted by Gasteiger charge is 2.23. The number of carbonyl (C=O) groups excluding carboxylic acids is 1. The van der Waals surface area contributed by atoms with Crippen LogP contribution in [0.15, 0.2) is 36.4 Å². The number of halogens is 1. The van der Waals surface area contributed by atoms with E-state index in [2.05, 4.69) is 17.4 Å². The van der Waals surface area contributed by atoms with Crippen LogP contribution in [0, 0.1) is 0 Å². The van der Waals surface area contributed by atoms with Crippen LogP contribution in [-0.4, -0.2) is 22.7 Å². The zero-order valence-electron chi connectivity index (χ0n) is 15.4. The molecule has 1 aliphatic carbocycles. The van der Waals surface area contributed by atoms with E-state index in [-0.39, 0.29) is 30.2 Å². The lowest BCUT2D eigenvalue weighted by Gasteiger charge is -2.26. The highest BCUT2D eigenvalue weighted by molar-refractivity contribution is 7.84. The topological polar surface area (TPSA) is 64.6 Å². The summed E-state index contributed by atoms with van der Waals surface area (Å²) in [4.78, 5) is 12.5. The Morgan fingerprint density at radius 3 is 3.00 bits per heavy atom. The fourth-order valence-corrected chi connectivity index (χ4v) is 5.18. The van der Waals surface area contributed by atoms with Crippen molar-refractivity contribution < 1.29 is 18.5 Å². The SMILES string of the molecule is O=C(CS(=O)Cc1cc(Cl)cc2c1OCOC2)NC1CCCc2ccccc21. The summed E-state index contributed by atoms with van der Waals surface area (Å²) in [6, 6.07) is 11.7. The third kappa shape index (κ3) is 4.40. The van der Waals surface area contributed by atoms with Crippen LogP contribution in [0.25, 0.3) is 0 Å². The number of ether oxygens (including phenoxy) is 2. The molecule has 1 N–H and O–H groups in total. The lowest BCUT2D eigenvalue weighted by Crippen LogP contribution is -2.34. The lowest BCUT2D eigenvalue weighted by molar-refractivity contribution is -0.119. The number of fused-ring (bicyclic) bond motifs is 2. The Labute approximate surface area is 171 Å². The van der Waals surface area contributed by atoms with E-state index in [0.717, 1.165) is 30.4 Å². The summed E-state index contributed by atoms with van der Waals surface area (Å²) >= 11 is 6.16. The molecular weight excluding hydrogens is 398 g/mol. The largest absolute Gasteiger partial charge is 0.467 e. The van der Waals surface area contributed by atoms with Gasteiger partial charge in [-0.05, 0) is 42.5 Å². The zero-order chi connectivity index (χ0) is 19.5. The van der Waals surface area contributed by atoms with Gasteiger partial charge < -0.3 is 14.8 Å². The van der Waals surface area contributed by atoms with Crippen LogP contribution in [0.5, 0.6) is 5.75 Å². The smallest absolute Gasteiger partial charge is 0.233 e. The average molecular weight is 420 g/mol. The van der Waals surface area contributed by atoms with Gasteiger partial charge in [-0.15, -0.1) is 0 Å². The zero-order valence-corrected chi connectivity index (χ0v) is 17.0. The lowest BCUT2D eigenvalue weighted by atomic mass is 9.88. The van der Waals surface area contributed by atoms with Crippen LogP contribution in [0.3, 0.4) is 0 Å². The molecule has 1 aliphatic heterocycles. The maximum Gasteiger partial charge on any atom is 0.233 e. The molecule has 7 heteroatoms. The number of rotatable bonds is 5. The maximum absolute atomic E-state index is 12.6. The first-order valence-corrected chi connectivity index (χ1v) is 11.2. The Kier molecular flexibility index (Phi) is 5.99. The Balaban J connectivity index is 1.40. The summed E-state index contributed by atoms with van der Waals surface area (Å²) in [6.07, 6.45) is 2.99. The van der Waals surface area contributed by atoms with Gasteiger partial charge in [-0.3, -0.25) is 9.00 Å². The second kappa shape index (κ2) is 8.64. The quantitative estimate of drug-likeness (QED) is 0.803. The molecule has 5 nitrogen and oxygen atoms in total. The highest BCUT2D eigenvalue weighted by Crippen LogP contribution is 2.33. The molecule has 0 fully saturated rings. The molecule has 2 atom stereocenters. The van der Waals surface area contributed by atoms with Gasteiger partial charge in [0.25, 0.3) is 0 Å². The second-order valence-corrected chi connectivity index (χ2v) is 9.00. The summed E-state index contributed by atoms with van der Waals surface area (Å²) in [5, 5.41) is 3.60. The molecule has 1 heterocycles. The first kappa shape index (κ1) is 19.4. The highest BCUT2D eigenvalue weighted by atomic mass is 35.5.